The molecule has 13 heteroatoms. The maximum absolute atomic E-state index is 13.7. The molecule has 3 aromatic rings. The van der Waals surface area contributed by atoms with Crippen molar-refractivity contribution in [2.45, 2.75) is 25.9 Å². The summed E-state index contributed by atoms with van der Waals surface area (Å²) in [5, 5.41) is 8.33. The lowest BCUT2D eigenvalue weighted by molar-refractivity contribution is -0.137. The maximum atomic E-state index is 13.7. The quantitative estimate of drug-likeness (QED) is 0.405. The van der Waals surface area contributed by atoms with Gasteiger partial charge in [0.15, 0.2) is 23.3 Å². The molecular formula is C21H17F6N5O2. The van der Waals surface area contributed by atoms with Gasteiger partial charge in [-0.1, -0.05) is 13.8 Å². The van der Waals surface area contributed by atoms with Gasteiger partial charge in [-0.15, -0.1) is 0 Å². The van der Waals surface area contributed by atoms with Gasteiger partial charge in [0, 0.05) is 6.20 Å². The highest BCUT2D eigenvalue weighted by atomic mass is 19.4. The molecule has 0 bridgehead atoms. The summed E-state index contributed by atoms with van der Waals surface area (Å²) in [6.07, 6.45) is -2.76. The number of amides is 2. The van der Waals surface area contributed by atoms with E-state index in [1.165, 1.54) is 4.68 Å². The van der Waals surface area contributed by atoms with Gasteiger partial charge in [-0.05, 0) is 30.2 Å². The molecule has 0 aliphatic carbocycles. The van der Waals surface area contributed by atoms with E-state index in [9.17, 15) is 35.9 Å². The number of anilines is 1. The number of nitrogens with zero attached hydrogens (tertiary/aromatic N) is 3. The number of aromatic nitrogens is 3. The van der Waals surface area contributed by atoms with Crippen LogP contribution in [0, 0.1) is 17.5 Å². The second kappa shape index (κ2) is 9.53. The molecule has 0 aliphatic heterocycles. The number of halogens is 6. The van der Waals surface area contributed by atoms with Gasteiger partial charge >= 0.3 is 6.18 Å². The summed E-state index contributed by atoms with van der Waals surface area (Å²) in [5.41, 5.74) is -1.21. The first-order valence-electron chi connectivity index (χ1n) is 9.73. The normalized spacial score (nSPS) is 11.6. The van der Waals surface area contributed by atoms with Crippen LogP contribution in [0.3, 0.4) is 0 Å². The highest BCUT2D eigenvalue weighted by Gasteiger charge is 2.31. The summed E-state index contributed by atoms with van der Waals surface area (Å²) in [4.78, 5) is 28.4. The van der Waals surface area contributed by atoms with Crippen molar-refractivity contribution in [1.29, 1.82) is 0 Å². The minimum Gasteiger partial charge on any atom is -0.343 e. The van der Waals surface area contributed by atoms with E-state index in [2.05, 4.69) is 15.4 Å². The second-order valence-corrected chi connectivity index (χ2v) is 7.37. The van der Waals surface area contributed by atoms with Crippen LogP contribution in [0.2, 0.25) is 0 Å². The molecule has 0 fully saturated rings. The van der Waals surface area contributed by atoms with Gasteiger partial charge in [-0.25, -0.2) is 22.8 Å². The van der Waals surface area contributed by atoms with Crippen molar-refractivity contribution >= 4 is 17.5 Å². The zero-order chi connectivity index (χ0) is 25.2. The van der Waals surface area contributed by atoms with Crippen molar-refractivity contribution in [1.82, 2.24) is 20.1 Å². The van der Waals surface area contributed by atoms with Crippen molar-refractivity contribution < 1.29 is 35.9 Å². The van der Waals surface area contributed by atoms with E-state index in [-0.39, 0.29) is 17.3 Å². The molecule has 34 heavy (non-hydrogen) atoms. The predicted octanol–water partition coefficient (Wildman–Crippen LogP) is 4.20. The molecule has 2 aromatic heterocycles. The molecule has 2 N–H and O–H groups in total. The third-order valence-corrected chi connectivity index (χ3v) is 4.61. The second-order valence-electron chi connectivity index (χ2n) is 7.37. The molecule has 0 saturated carbocycles. The largest absolute Gasteiger partial charge is 0.417 e. The zero-order valence-electron chi connectivity index (χ0n) is 17.7. The topological polar surface area (TPSA) is 88.9 Å². The van der Waals surface area contributed by atoms with Gasteiger partial charge in [0.05, 0.1) is 35.2 Å². The molecule has 3 rings (SSSR count). The highest BCUT2D eigenvalue weighted by Crippen LogP contribution is 2.29. The standard InChI is InChI=1S/C21H17F6N5O2/c1-10(2)19-12(8-30-32(19)15-6-3-11(7-28-15)21(25,26)27)20(34)29-9-16(33)31-14-5-4-13(22)17(23)18(14)24/h3-8,10H,9H2,1-2H3,(H,29,34)(H,31,33). The molecule has 2 amide bonds. The molecule has 0 aliphatic rings. The molecule has 0 radical (unpaired) electrons. The first kappa shape index (κ1) is 24.7. The minimum atomic E-state index is -4.56. The van der Waals surface area contributed by atoms with Gasteiger partial charge in [0.25, 0.3) is 5.91 Å². The summed E-state index contributed by atoms with van der Waals surface area (Å²) < 4.78 is 79.5. The van der Waals surface area contributed by atoms with Gasteiger partial charge in [0.1, 0.15) is 0 Å². The molecule has 0 atom stereocenters. The van der Waals surface area contributed by atoms with E-state index in [1.807, 2.05) is 5.32 Å². The Bertz CT molecular complexity index is 1220. The van der Waals surface area contributed by atoms with Gasteiger partial charge in [-0.3, -0.25) is 9.59 Å². The minimum absolute atomic E-state index is 0.0310. The molecule has 0 spiro atoms. The molecule has 180 valence electrons. The number of benzene rings is 1. The Labute approximate surface area is 188 Å². The van der Waals surface area contributed by atoms with Gasteiger partial charge < -0.3 is 10.6 Å². The molecule has 0 unspecified atom stereocenters. The lowest BCUT2D eigenvalue weighted by Gasteiger charge is -2.13. The van der Waals surface area contributed by atoms with E-state index in [1.54, 1.807) is 13.8 Å². The van der Waals surface area contributed by atoms with Crippen LogP contribution in [0.25, 0.3) is 5.82 Å². The third-order valence-electron chi connectivity index (χ3n) is 4.61. The monoisotopic (exact) mass is 485 g/mol. The van der Waals surface area contributed by atoms with Crippen LogP contribution in [0.15, 0.2) is 36.7 Å². The van der Waals surface area contributed by atoms with E-state index in [0.717, 1.165) is 24.4 Å². The van der Waals surface area contributed by atoms with E-state index in [0.29, 0.717) is 18.0 Å². The summed E-state index contributed by atoms with van der Waals surface area (Å²) in [6.45, 7) is 2.79. The Morgan fingerprint density at radius 2 is 1.74 bits per heavy atom. The number of nitrogens with one attached hydrogen (secondary N) is 2. The summed E-state index contributed by atoms with van der Waals surface area (Å²) in [7, 11) is 0. The number of carbonyl (C=O) groups is 2. The smallest absolute Gasteiger partial charge is 0.343 e. The third kappa shape index (κ3) is 5.18. The fourth-order valence-corrected chi connectivity index (χ4v) is 3.02. The Balaban J connectivity index is 1.75. The average Bonchev–Trinajstić information content (AvgIpc) is 3.23. The van der Waals surface area contributed by atoms with E-state index >= 15 is 0 Å². The van der Waals surface area contributed by atoms with E-state index in [4.69, 9.17) is 0 Å². The first-order chi connectivity index (χ1) is 15.9. The summed E-state index contributed by atoms with van der Waals surface area (Å²) in [6, 6.07) is 3.39. The van der Waals surface area contributed by atoms with Crippen LogP contribution in [0.4, 0.5) is 32.0 Å². The van der Waals surface area contributed by atoms with Crippen LogP contribution >= 0.6 is 0 Å². The Hall–Kier alpha value is -3.90. The molecular weight excluding hydrogens is 468 g/mol. The summed E-state index contributed by atoms with van der Waals surface area (Å²) >= 11 is 0. The van der Waals surface area contributed by atoms with Crippen LogP contribution in [-0.4, -0.2) is 33.1 Å². The molecule has 1 aromatic carbocycles. The van der Waals surface area contributed by atoms with Crippen LogP contribution in [0.1, 0.15) is 41.4 Å². The number of alkyl halides is 3. The lowest BCUT2D eigenvalue weighted by Crippen LogP contribution is -2.33. The van der Waals surface area contributed by atoms with Crippen molar-refractivity contribution in [3.05, 3.63) is 70.9 Å². The van der Waals surface area contributed by atoms with Crippen LogP contribution in [0.5, 0.6) is 0 Å². The SMILES string of the molecule is CC(C)c1c(C(=O)NCC(=O)Nc2ccc(F)c(F)c2F)cnn1-c1ccc(C(F)(F)F)cn1. The number of carbonyl (C=O) groups excluding carboxylic acids is 2. The Kier molecular flexibility index (Phi) is 6.93. The zero-order valence-corrected chi connectivity index (χ0v) is 17.7. The van der Waals surface area contributed by atoms with Crippen LogP contribution in [-0.2, 0) is 11.0 Å². The van der Waals surface area contributed by atoms with Gasteiger partial charge in [-0.2, -0.15) is 18.3 Å². The van der Waals surface area contributed by atoms with Crippen molar-refractivity contribution in [3.63, 3.8) is 0 Å². The van der Waals surface area contributed by atoms with Crippen molar-refractivity contribution in [2.24, 2.45) is 0 Å². The highest BCUT2D eigenvalue weighted by molar-refractivity contribution is 6.00. The van der Waals surface area contributed by atoms with E-state index < -0.39 is 53.2 Å². The number of hydrogen-bond donors (Lipinski definition) is 2. The van der Waals surface area contributed by atoms with Crippen molar-refractivity contribution in [2.75, 3.05) is 11.9 Å². The molecule has 0 saturated heterocycles. The average molecular weight is 485 g/mol. The number of hydrogen-bond acceptors (Lipinski definition) is 4. The molecule has 7 nitrogen and oxygen atoms in total. The number of pyridine rings is 1. The van der Waals surface area contributed by atoms with Gasteiger partial charge in [0.2, 0.25) is 5.91 Å². The van der Waals surface area contributed by atoms with Crippen molar-refractivity contribution in [3.8, 4) is 5.82 Å². The fraction of sp³-hybridized carbons (Fsp3) is 0.238. The Morgan fingerprint density at radius 1 is 1.03 bits per heavy atom. The lowest BCUT2D eigenvalue weighted by atomic mass is 10.1. The maximum Gasteiger partial charge on any atom is 0.417 e. The fourth-order valence-electron chi connectivity index (χ4n) is 3.02. The first-order valence-corrected chi connectivity index (χ1v) is 9.73. The predicted molar refractivity (Wildman–Crippen MR) is 108 cm³/mol. The van der Waals surface area contributed by atoms with Crippen LogP contribution < -0.4 is 10.6 Å². The number of rotatable bonds is 6. The summed E-state index contributed by atoms with van der Waals surface area (Å²) in [5.74, 6) is -6.71. The molecule has 2 heterocycles. The Morgan fingerprint density at radius 3 is 2.32 bits per heavy atom.